The molecule has 1 atom stereocenters. The molecule has 0 radical (unpaired) electrons. The van der Waals surface area contributed by atoms with E-state index in [1.165, 1.54) is 0 Å². The molecule has 3 N–H and O–H groups in total. The standard InChI is InChI=1S/C15H20N4O2/c1-4-8-15(3,16)14(20)18-12-7-5-6-11(9-12)13-17-10(2)21-19-13/h5-7,9H,4,8,16H2,1-3H3,(H,18,20). The molecular weight excluding hydrogens is 268 g/mol. The highest BCUT2D eigenvalue weighted by atomic mass is 16.5. The van der Waals surface area contributed by atoms with Crippen LogP contribution < -0.4 is 11.1 Å². The fourth-order valence-corrected chi connectivity index (χ4v) is 2.06. The van der Waals surface area contributed by atoms with E-state index in [-0.39, 0.29) is 5.91 Å². The third-order valence-electron chi connectivity index (χ3n) is 3.19. The fraction of sp³-hybridized carbons (Fsp3) is 0.400. The Hall–Kier alpha value is -2.21. The Balaban J connectivity index is 2.17. The number of carbonyl (C=O) groups excluding carboxylic acids is 1. The highest BCUT2D eigenvalue weighted by molar-refractivity contribution is 5.98. The first-order valence-corrected chi connectivity index (χ1v) is 6.93. The number of nitrogens with two attached hydrogens (primary N) is 1. The van der Waals surface area contributed by atoms with Crippen molar-refractivity contribution >= 4 is 11.6 Å². The Morgan fingerprint density at radius 3 is 2.86 bits per heavy atom. The number of rotatable bonds is 5. The molecule has 0 spiro atoms. The predicted molar refractivity (Wildman–Crippen MR) is 80.6 cm³/mol. The predicted octanol–water partition coefficient (Wildman–Crippen LogP) is 2.50. The third-order valence-corrected chi connectivity index (χ3v) is 3.19. The molecule has 1 heterocycles. The topological polar surface area (TPSA) is 94.0 Å². The van der Waals surface area contributed by atoms with Gasteiger partial charge in [0.05, 0.1) is 5.54 Å². The van der Waals surface area contributed by atoms with Gasteiger partial charge in [0.1, 0.15) is 0 Å². The number of hydrogen-bond acceptors (Lipinski definition) is 5. The van der Waals surface area contributed by atoms with Crippen LogP contribution in [-0.2, 0) is 4.79 Å². The molecule has 0 saturated carbocycles. The smallest absolute Gasteiger partial charge is 0.244 e. The molecule has 1 aromatic heterocycles. The minimum absolute atomic E-state index is 0.203. The van der Waals surface area contributed by atoms with Crippen LogP contribution in [0.15, 0.2) is 28.8 Å². The van der Waals surface area contributed by atoms with E-state index in [9.17, 15) is 4.79 Å². The number of benzene rings is 1. The lowest BCUT2D eigenvalue weighted by Crippen LogP contribution is -2.48. The van der Waals surface area contributed by atoms with E-state index >= 15 is 0 Å². The van der Waals surface area contributed by atoms with Crippen molar-refractivity contribution in [1.29, 1.82) is 0 Å². The van der Waals surface area contributed by atoms with Crippen molar-refractivity contribution in [2.75, 3.05) is 5.32 Å². The van der Waals surface area contributed by atoms with E-state index in [0.717, 1.165) is 12.0 Å². The second kappa shape index (κ2) is 6.05. The zero-order valence-corrected chi connectivity index (χ0v) is 12.5. The molecular formula is C15H20N4O2. The van der Waals surface area contributed by atoms with Crippen LogP contribution in [0.5, 0.6) is 0 Å². The van der Waals surface area contributed by atoms with Crippen LogP contribution in [0.3, 0.4) is 0 Å². The number of hydrogen-bond donors (Lipinski definition) is 2. The van der Waals surface area contributed by atoms with Crippen LogP contribution >= 0.6 is 0 Å². The van der Waals surface area contributed by atoms with Crippen LogP contribution in [-0.4, -0.2) is 21.6 Å². The van der Waals surface area contributed by atoms with E-state index in [0.29, 0.717) is 23.8 Å². The lowest BCUT2D eigenvalue weighted by atomic mass is 9.96. The third kappa shape index (κ3) is 3.66. The van der Waals surface area contributed by atoms with Gasteiger partial charge >= 0.3 is 0 Å². The summed E-state index contributed by atoms with van der Waals surface area (Å²) in [5.41, 5.74) is 6.57. The quantitative estimate of drug-likeness (QED) is 0.881. The summed E-state index contributed by atoms with van der Waals surface area (Å²) in [5.74, 6) is 0.787. The van der Waals surface area contributed by atoms with Gasteiger partial charge in [0.15, 0.2) is 0 Å². The second-order valence-corrected chi connectivity index (χ2v) is 5.34. The lowest BCUT2D eigenvalue weighted by Gasteiger charge is -2.22. The van der Waals surface area contributed by atoms with Crippen molar-refractivity contribution in [2.24, 2.45) is 5.73 Å². The van der Waals surface area contributed by atoms with Gasteiger partial charge in [-0.25, -0.2) is 0 Å². The van der Waals surface area contributed by atoms with Crippen molar-refractivity contribution in [3.63, 3.8) is 0 Å². The normalized spacial score (nSPS) is 13.7. The largest absolute Gasteiger partial charge is 0.339 e. The van der Waals surface area contributed by atoms with Crippen LogP contribution in [0.4, 0.5) is 5.69 Å². The zero-order chi connectivity index (χ0) is 15.5. The fourth-order valence-electron chi connectivity index (χ4n) is 2.06. The molecule has 2 rings (SSSR count). The molecule has 0 bridgehead atoms. The first-order chi connectivity index (χ1) is 9.92. The first kappa shape index (κ1) is 15.2. The Kier molecular flexibility index (Phi) is 4.37. The van der Waals surface area contributed by atoms with E-state index in [4.69, 9.17) is 10.3 Å². The van der Waals surface area contributed by atoms with Gasteiger partial charge in [-0.15, -0.1) is 0 Å². The number of amides is 1. The van der Waals surface area contributed by atoms with Crippen molar-refractivity contribution in [3.05, 3.63) is 30.2 Å². The molecule has 21 heavy (non-hydrogen) atoms. The van der Waals surface area contributed by atoms with Gasteiger partial charge < -0.3 is 15.6 Å². The zero-order valence-electron chi connectivity index (χ0n) is 12.5. The molecule has 6 nitrogen and oxygen atoms in total. The summed E-state index contributed by atoms with van der Waals surface area (Å²) >= 11 is 0. The number of carbonyl (C=O) groups is 1. The Morgan fingerprint density at radius 1 is 1.48 bits per heavy atom. The maximum atomic E-state index is 12.2. The van der Waals surface area contributed by atoms with Gasteiger partial charge in [0.25, 0.3) is 0 Å². The van der Waals surface area contributed by atoms with E-state index < -0.39 is 5.54 Å². The molecule has 1 unspecified atom stereocenters. The number of anilines is 1. The van der Waals surface area contributed by atoms with Crippen molar-refractivity contribution in [2.45, 2.75) is 39.2 Å². The van der Waals surface area contributed by atoms with Gasteiger partial charge in [-0.1, -0.05) is 30.6 Å². The van der Waals surface area contributed by atoms with Crippen LogP contribution in [0, 0.1) is 6.92 Å². The van der Waals surface area contributed by atoms with Gasteiger partial charge in [-0.2, -0.15) is 4.98 Å². The lowest BCUT2D eigenvalue weighted by molar-refractivity contribution is -0.120. The average Bonchev–Trinajstić information content (AvgIpc) is 2.86. The van der Waals surface area contributed by atoms with Gasteiger partial charge in [-0.3, -0.25) is 4.79 Å². The Morgan fingerprint density at radius 2 is 2.24 bits per heavy atom. The molecule has 1 aromatic carbocycles. The maximum Gasteiger partial charge on any atom is 0.244 e. The minimum atomic E-state index is -0.881. The molecule has 6 heteroatoms. The monoisotopic (exact) mass is 288 g/mol. The van der Waals surface area contributed by atoms with Crippen molar-refractivity contribution in [3.8, 4) is 11.4 Å². The van der Waals surface area contributed by atoms with Crippen molar-refractivity contribution in [1.82, 2.24) is 10.1 Å². The van der Waals surface area contributed by atoms with Crippen LogP contribution in [0.2, 0.25) is 0 Å². The summed E-state index contributed by atoms with van der Waals surface area (Å²) in [6, 6.07) is 7.28. The average molecular weight is 288 g/mol. The molecule has 0 aliphatic heterocycles. The summed E-state index contributed by atoms with van der Waals surface area (Å²) < 4.78 is 4.96. The number of nitrogens with one attached hydrogen (secondary N) is 1. The number of aromatic nitrogens is 2. The van der Waals surface area contributed by atoms with E-state index in [1.54, 1.807) is 26.0 Å². The summed E-state index contributed by atoms with van der Waals surface area (Å²) in [6.07, 6.45) is 1.48. The highest BCUT2D eigenvalue weighted by Crippen LogP contribution is 2.21. The van der Waals surface area contributed by atoms with Crippen LogP contribution in [0.25, 0.3) is 11.4 Å². The van der Waals surface area contributed by atoms with Crippen molar-refractivity contribution < 1.29 is 9.32 Å². The Labute approximate surface area is 123 Å². The van der Waals surface area contributed by atoms with Crippen LogP contribution in [0.1, 0.15) is 32.6 Å². The second-order valence-electron chi connectivity index (χ2n) is 5.34. The Bertz CT molecular complexity index is 634. The highest BCUT2D eigenvalue weighted by Gasteiger charge is 2.27. The molecule has 0 saturated heterocycles. The van der Waals surface area contributed by atoms with E-state index in [2.05, 4.69) is 15.5 Å². The molecule has 2 aromatic rings. The minimum Gasteiger partial charge on any atom is -0.339 e. The summed E-state index contributed by atoms with van der Waals surface area (Å²) in [6.45, 7) is 5.46. The SMILES string of the molecule is CCCC(C)(N)C(=O)Nc1cccc(-c2noc(C)n2)c1. The number of aryl methyl sites for hydroxylation is 1. The summed E-state index contributed by atoms with van der Waals surface area (Å²) in [7, 11) is 0. The molecule has 0 fully saturated rings. The first-order valence-electron chi connectivity index (χ1n) is 6.93. The molecule has 1 amide bonds. The van der Waals surface area contributed by atoms with E-state index in [1.807, 2.05) is 19.1 Å². The maximum absolute atomic E-state index is 12.2. The number of nitrogens with zero attached hydrogens (tertiary/aromatic N) is 2. The molecule has 0 aliphatic carbocycles. The van der Waals surface area contributed by atoms with Gasteiger partial charge in [0, 0.05) is 18.2 Å². The summed E-state index contributed by atoms with van der Waals surface area (Å²) in [5, 5.41) is 6.69. The summed E-state index contributed by atoms with van der Waals surface area (Å²) in [4.78, 5) is 16.4. The van der Waals surface area contributed by atoms with Gasteiger partial charge in [-0.05, 0) is 25.5 Å². The molecule has 112 valence electrons. The molecule has 0 aliphatic rings. The van der Waals surface area contributed by atoms with Gasteiger partial charge in [0.2, 0.25) is 17.6 Å².